The summed E-state index contributed by atoms with van der Waals surface area (Å²) in [6, 6.07) is 2.35. The summed E-state index contributed by atoms with van der Waals surface area (Å²) >= 11 is 5.72. The second-order valence-electron chi connectivity index (χ2n) is 4.95. The first-order valence-electron chi connectivity index (χ1n) is 6.19. The maximum atomic E-state index is 12.0. The number of hydrogen-bond acceptors (Lipinski definition) is 4. The van der Waals surface area contributed by atoms with Crippen LogP contribution in [0.25, 0.3) is 0 Å². The molecule has 21 heavy (non-hydrogen) atoms. The fourth-order valence-corrected chi connectivity index (χ4v) is 1.97. The van der Waals surface area contributed by atoms with Crippen LogP contribution in [-0.2, 0) is 4.79 Å². The first kappa shape index (κ1) is 16.9. The number of nitrogens with zero attached hydrogens (tertiary/aromatic N) is 1. The van der Waals surface area contributed by atoms with Crippen LogP contribution in [0.5, 0.6) is 0 Å². The fourth-order valence-electron chi connectivity index (χ4n) is 1.75. The van der Waals surface area contributed by atoms with Crippen molar-refractivity contribution in [1.82, 2.24) is 5.32 Å². The predicted molar refractivity (Wildman–Crippen MR) is 76.5 cm³/mol. The molecule has 0 spiro atoms. The Balaban J connectivity index is 2.97. The van der Waals surface area contributed by atoms with Gasteiger partial charge in [0.25, 0.3) is 11.6 Å². The van der Waals surface area contributed by atoms with E-state index >= 15 is 0 Å². The molecule has 0 fully saturated rings. The Morgan fingerprint density at radius 2 is 2.00 bits per heavy atom. The van der Waals surface area contributed by atoms with Gasteiger partial charge in [-0.2, -0.15) is 0 Å². The fraction of sp³-hybridized carbons (Fsp3) is 0.385. The number of carbonyl (C=O) groups excluding carboxylic acids is 1. The maximum Gasteiger partial charge on any atom is 0.326 e. The monoisotopic (exact) mass is 314 g/mol. The summed E-state index contributed by atoms with van der Waals surface area (Å²) in [5.41, 5.74) is -0.382. The molecule has 0 radical (unpaired) electrons. The minimum Gasteiger partial charge on any atom is -0.480 e. The van der Waals surface area contributed by atoms with E-state index in [9.17, 15) is 19.7 Å². The number of non-ortho nitro benzene ring substituents is 1. The number of carbonyl (C=O) groups is 2. The zero-order valence-corrected chi connectivity index (χ0v) is 12.3. The number of carboxylic acids is 1. The van der Waals surface area contributed by atoms with E-state index in [0.717, 1.165) is 12.1 Å². The molecule has 0 aliphatic carbocycles. The van der Waals surface area contributed by atoms with Crippen LogP contribution in [-0.4, -0.2) is 27.9 Å². The molecule has 0 heterocycles. The lowest BCUT2D eigenvalue weighted by Gasteiger charge is -2.16. The van der Waals surface area contributed by atoms with Crippen molar-refractivity contribution in [2.45, 2.75) is 26.3 Å². The molecule has 2 N–H and O–H groups in total. The van der Waals surface area contributed by atoms with Gasteiger partial charge in [0, 0.05) is 22.7 Å². The van der Waals surface area contributed by atoms with Gasteiger partial charge in [0.2, 0.25) is 0 Å². The van der Waals surface area contributed by atoms with Gasteiger partial charge in [-0.1, -0.05) is 25.4 Å². The van der Waals surface area contributed by atoms with E-state index in [4.69, 9.17) is 16.7 Å². The number of nitrogens with one attached hydrogen (secondary N) is 1. The minimum atomic E-state index is -1.16. The van der Waals surface area contributed by atoms with Crippen molar-refractivity contribution in [1.29, 1.82) is 0 Å². The quantitative estimate of drug-likeness (QED) is 0.619. The normalized spacial score (nSPS) is 12.0. The molecule has 114 valence electrons. The largest absolute Gasteiger partial charge is 0.480 e. The molecule has 1 atom stereocenters. The Morgan fingerprint density at radius 1 is 1.38 bits per heavy atom. The molecule has 0 saturated heterocycles. The van der Waals surface area contributed by atoms with E-state index in [1.54, 1.807) is 0 Å². The van der Waals surface area contributed by atoms with Crippen molar-refractivity contribution in [3.05, 3.63) is 38.9 Å². The highest BCUT2D eigenvalue weighted by atomic mass is 35.5. The molecule has 1 aromatic rings. The van der Waals surface area contributed by atoms with Crippen molar-refractivity contribution < 1.29 is 19.6 Å². The first-order valence-corrected chi connectivity index (χ1v) is 6.57. The van der Waals surface area contributed by atoms with E-state index in [1.165, 1.54) is 6.07 Å². The highest BCUT2D eigenvalue weighted by molar-refractivity contribution is 6.31. The number of hydrogen-bond donors (Lipinski definition) is 2. The third-order valence-corrected chi connectivity index (χ3v) is 2.88. The molecular formula is C13H15ClN2O5. The number of amides is 1. The molecule has 0 saturated carbocycles. The molecule has 1 amide bonds. The van der Waals surface area contributed by atoms with Gasteiger partial charge < -0.3 is 10.4 Å². The SMILES string of the molecule is CC(C)CC(NC(=O)c1cc(Cl)cc([N+](=O)[O-])c1)C(=O)O. The summed E-state index contributed by atoms with van der Waals surface area (Å²) in [5.74, 6) is -1.80. The average Bonchev–Trinajstić information content (AvgIpc) is 2.36. The smallest absolute Gasteiger partial charge is 0.326 e. The van der Waals surface area contributed by atoms with E-state index in [2.05, 4.69) is 5.32 Å². The van der Waals surface area contributed by atoms with Crippen LogP contribution < -0.4 is 5.32 Å². The summed E-state index contributed by atoms with van der Waals surface area (Å²) in [7, 11) is 0. The number of aliphatic carboxylic acids is 1. The minimum absolute atomic E-state index is 0.0325. The highest BCUT2D eigenvalue weighted by Gasteiger charge is 2.23. The van der Waals surface area contributed by atoms with Gasteiger partial charge in [0.1, 0.15) is 6.04 Å². The second-order valence-corrected chi connectivity index (χ2v) is 5.39. The molecule has 1 unspecified atom stereocenters. The Labute approximate surface area is 126 Å². The number of halogens is 1. The summed E-state index contributed by atoms with van der Waals surface area (Å²) in [6.07, 6.45) is 0.254. The molecule has 1 aromatic carbocycles. The molecule has 1 rings (SSSR count). The second kappa shape index (κ2) is 7.03. The topological polar surface area (TPSA) is 110 Å². The summed E-state index contributed by atoms with van der Waals surface area (Å²) < 4.78 is 0. The van der Waals surface area contributed by atoms with Gasteiger partial charge in [-0.3, -0.25) is 14.9 Å². The van der Waals surface area contributed by atoms with Crippen LogP contribution >= 0.6 is 11.6 Å². The third kappa shape index (κ3) is 5.03. The Kier molecular flexibility index (Phi) is 5.66. The van der Waals surface area contributed by atoms with Gasteiger partial charge in [-0.05, 0) is 18.4 Å². The average molecular weight is 315 g/mol. The number of nitro groups is 1. The zero-order valence-electron chi connectivity index (χ0n) is 11.5. The van der Waals surface area contributed by atoms with Gasteiger partial charge in [0.05, 0.1) is 4.92 Å². The van der Waals surface area contributed by atoms with Gasteiger partial charge in [0.15, 0.2) is 0 Å². The number of carboxylic acid groups (broad SMARTS) is 1. The van der Waals surface area contributed by atoms with Crippen molar-refractivity contribution in [3.8, 4) is 0 Å². The number of rotatable bonds is 6. The van der Waals surface area contributed by atoms with Crippen LogP contribution in [0.1, 0.15) is 30.6 Å². The Bertz CT molecular complexity index is 574. The van der Waals surface area contributed by atoms with Crippen molar-refractivity contribution in [3.63, 3.8) is 0 Å². The molecule has 0 aliphatic rings. The lowest BCUT2D eigenvalue weighted by molar-refractivity contribution is -0.384. The summed E-state index contributed by atoms with van der Waals surface area (Å²) in [6.45, 7) is 3.65. The van der Waals surface area contributed by atoms with E-state index < -0.39 is 22.8 Å². The lowest BCUT2D eigenvalue weighted by Crippen LogP contribution is -2.41. The molecule has 0 bridgehead atoms. The van der Waals surface area contributed by atoms with E-state index in [0.29, 0.717) is 0 Å². The van der Waals surface area contributed by atoms with Crippen molar-refractivity contribution in [2.24, 2.45) is 5.92 Å². The molecule has 7 nitrogen and oxygen atoms in total. The van der Waals surface area contributed by atoms with Crippen LogP contribution in [0.15, 0.2) is 18.2 Å². The molecular weight excluding hydrogens is 300 g/mol. The Hall–Kier alpha value is -2.15. The predicted octanol–water partition coefficient (Wildman–Crippen LogP) is 2.48. The van der Waals surface area contributed by atoms with Gasteiger partial charge in [-0.15, -0.1) is 0 Å². The highest BCUT2D eigenvalue weighted by Crippen LogP contribution is 2.21. The lowest BCUT2D eigenvalue weighted by atomic mass is 10.0. The summed E-state index contributed by atoms with van der Waals surface area (Å²) in [5, 5.41) is 22.2. The van der Waals surface area contributed by atoms with Crippen molar-refractivity contribution >= 4 is 29.2 Å². The maximum absolute atomic E-state index is 12.0. The van der Waals surface area contributed by atoms with Crippen LogP contribution in [0.3, 0.4) is 0 Å². The summed E-state index contributed by atoms with van der Waals surface area (Å²) in [4.78, 5) is 33.2. The standard InChI is InChI=1S/C13H15ClN2O5/c1-7(2)3-11(13(18)19)15-12(17)8-4-9(14)6-10(5-8)16(20)21/h4-7,11H,3H2,1-2H3,(H,15,17)(H,18,19). The van der Waals surface area contributed by atoms with Crippen LogP contribution in [0.4, 0.5) is 5.69 Å². The van der Waals surface area contributed by atoms with Gasteiger partial charge in [-0.25, -0.2) is 4.79 Å². The number of nitro benzene ring substituents is 1. The molecule has 0 aliphatic heterocycles. The van der Waals surface area contributed by atoms with Crippen LogP contribution in [0, 0.1) is 16.0 Å². The first-order chi connectivity index (χ1) is 9.70. The van der Waals surface area contributed by atoms with Crippen molar-refractivity contribution in [2.75, 3.05) is 0 Å². The zero-order chi connectivity index (χ0) is 16.2. The third-order valence-electron chi connectivity index (χ3n) is 2.67. The van der Waals surface area contributed by atoms with E-state index in [1.807, 2.05) is 13.8 Å². The van der Waals surface area contributed by atoms with Crippen LogP contribution in [0.2, 0.25) is 5.02 Å². The molecule has 0 aromatic heterocycles. The van der Waals surface area contributed by atoms with E-state index in [-0.39, 0.29) is 28.6 Å². The molecule has 8 heteroatoms. The Morgan fingerprint density at radius 3 is 2.48 bits per heavy atom. The number of benzene rings is 1. The van der Waals surface area contributed by atoms with Gasteiger partial charge >= 0.3 is 5.97 Å².